The molecule has 7 nitrogen and oxygen atoms in total. The molecule has 112 valence electrons. The summed E-state index contributed by atoms with van der Waals surface area (Å²) in [6.45, 7) is 0. The first-order chi connectivity index (χ1) is 9.88. The molecule has 0 saturated heterocycles. The van der Waals surface area contributed by atoms with Crippen molar-refractivity contribution in [3.05, 3.63) is 40.6 Å². The zero-order chi connectivity index (χ0) is 16.0. The number of halogens is 1. The van der Waals surface area contributed by atoms with Crippen LogP contribution in [0.5, 0.6) is 0 Å². The van der Waals surface area contributed by atoms with Crippen molar-refractivity contribution in [2.45, 2.75) is 0 Å². The van der Waals surface area contributed by atoms with Crippen LogP contribution in [0.3, 0.4) is 0 Å². The highest BCUT2D eigenvalue weighted by molar-refractivity contribution is 6.34. The summed E-state index contributed by atoms with van der Waals surface area (Å²) in [5.41, 5.74) is 5.49. The maximum Gasteiger partial charge on any atom is 0.354 e. The van der Waals surface area contributed by atoms with Crippen molar-refractivity contribution in [1.82, 2.24) is 0 Å². The summed E-state index contributed by atoms with van der Waals surface area (Å²) < 4.78 is 8.97. The van der Waals surface area contributed by atoms with E-state index in [9.17, 15) is 14.4 Å². The molecule has 0 aliphatic rings. The molecule has 0 aliphatic carbocycles. The van der Waals surface area contributed by atoms with E-state index in [1.54, 1.807) is 0 Å². The smallest absolute Gasteiger partial charge is 0.354 e. The van der Waals surface area contributed by atoms with Crippen molar-refractivity contribution in [2.75, 3.05) is 19.5 Å². The van der Waals surface area contributed by atoms with Crippen molar-refractivity contribution in [2.24, 2.45) is 5.73 Å². The SMILES string of the molecule is COC(=O)/C=C(/Nc1ccc(C(N)=O)c(Cl)c1)C(=O)OC. The highest BCUT2D eigenvalue weighted by Crippen LogP contribution is 2.21. The van der Waals surface area contributed by atoms with E-state index in [0.717, 1.165) is 13.2 Å². The highest BCUT2D eigenvalue weighted by Gasteiger charge is 2.14. The van der Waals surface area contributed by atoms with Gasteiger partial charge in [-0.25, -0.2) is 9.59 Å². The fraction of sp³-hybridized carbons (Fsp3) is 0.154. The molecule has 0 unspecified atom stereocenters. The van der Waals surface area contributed by atoms with Crippen molar-refractivity contribution in [1.29, 1.82) is 0 Å². The number of carbonyl (C=O) groups excluding carboxylic acids is 3. The van der Waals surface area contributed by atoms with Crippen LogP contribution < -0.4 is 11.1 Å². The lowest BCUT2D eigenvalue weighted by molar-refractivity contribution is -0.138. The van der Waals surface area contributed by atoms with E-state index in [1.165, 1.54) is 25.3 Å². The fourth-order valence-electron chi connectivity index (χ4n) is 1.38. The highest BCUT2D eigenvalue weighted by atomic mass is 35.5. The molecule has 0 spiro atoms. The second-order valence-corrected chi connectivity index (χ2v) is 4.16. The molecule has 0 bridgehead atoms. The number of hydrogen-bond acceptors (Lipinski definition) is 6. The average molecular weight is 313 g/mol. The number of amides is 1. The predicted molar refractivity (Wildman–Crippen MR) is 75.7 cm³/mol. The average Bonchev–Trinajstić information content (AvgIpc) is 2.45. The largest absolute Gasteiger partial charge is 0.466 e. The first kappa shape index (κ1) is 16.5. The number of anilines is 1. The number of nitrogens with two attached hydrogens (primary N) is 1. The zero-order valence-electron chi connectivity index (χ0n) is 11.3. The van der Waals surface area contributed by atoms with Gasteiger partial charge in [-0.15, -0.1) is 0 Å². The van der Waals surface area contributed by atoms with Crippen molar-refractivity contribution in [3.63, 3.8) is 0 Å². The Balaban J connectivity index is 3.07. The van der Waals surface area contributed by atoms with Gasteiger partial charge in [0, 0.05) is 5.69 Å². The molecule has 1 rings (SSSR count). The van der Waals surface area contributed by atoms with Gasteiger partial charge in [-0.3, -0.25) is 4.79 Å². The molecular weight excluding hydrogens is 300 g/mol. The van der Waals surface area contributed by atoms with Gasteiger partial charge in [-0.1, -0.05) is 11.6 Å². The van der Waals surface area contributed by atoms with Crippen molar-refractivity contribution < 1.29 is 23.9 Å². The molecule has 1 amide bonds. The maximum atomic E-state index is 11.6. The Bertz CT molecular complexity index is 613. The van der Waals surface area contributed by atoms with E-state index in [0.29, 0.717) is 5.69 Å². The fourth-order valence-corrected chi connectivity index (χ4v) is 1.65. The van der Waals surface area contributed by atoms with Gasteiger partial charge in [-0.05, 0) is 18.2 Å². The van der Waals surface area contributed by atoms with E-state index in [2.05, 4.69) is 14.8 Å². The van der Waals surface area contributed by atoms with E-state index in [4.69, 9.17) is 17.3 Å². The number of esters is 2. The molecule has 0 heterocycles. The Hall–Kier alpha value is -2.54. The van der Waals surface area contributed by atoms with Crippen LogP contribution in [-0.4, -0.2) is 32.1 Å². The molecule has 1 aromatic rings. The third-order valence-electron chi connectivity index (χ3n) is 2.38. The third kappa shape index (κ3) is 4.50. The lowest BCUT2D eigenvalue weighted by atomic mass is 10.2. The molecule has 8 heteroatoms. The minimum absolute atomic E-state index is 0.106. The van der Waals surface area contributed by atoms with Crippen LogP contribution in [-0.2, 0) is 19.1 Å². The first-order valence-corrected chi connectivity index (χ1v) is 6.01. The van der Waals surface area contributed by atoms with E-state index in [-0.39, 0.29) is 16.3 Å². The van der Waals surface area contributed by atoms with Crippen LogP contribution in [0, 0.1) is 0 Å². The molecule has 0 aliphatic heterocycles. The van der Waals surface area contributed by atoms with Crippen LogP contribution >= 0.6 is 11.6 Å². The van der Waals surface area contributed by atoms with E-state index in [1.807, 2.05) is 0 Å². The third-order valence-corrected chi connectivity index (χ3v) is 2.69. The van der Waals surface area contributed by atoms with E-state index < -0.39 is 17.8 Å². The molecule has 0 fully saturated rings. The Morgan fingerprint density at radius 1 is 1.24 bits per heavy atom. The van der Waals surface area contributed by atoms with Crippen LogP contribution in [0.15, 0.2) is 30.0 Å². The summed E-state index contributed by atoms with van der Waals surface area (Å²) in [7, 11) is 2.34. The molecule has 0 radical (unpaired) electrons. The number of methoxy groups -OCH3 is 2. The summed E-state index contributed by atoms with van der Waals surface area (Å²) in [4.78, 5) is 33.8. The van der Waals surface area contributed by atoms with Crippen molar-refractivity contribution >= 4 is 35.1 Å². The molecule has 3 N–H and O–H groups in total. The Kier molecular flexibility index (Phi) is 5.74. The molecule has 1 aromatic carbocycles. The lowest BCUT2D eigenvalue weighted by Gasteiger charge is -2.10. The Morgan fingerprint density at radius 3 is 2.38 bits per heavy atom. The summed E-state index contributed by atoms with van der Waals surface area (Å²) in [6.07, 6.45) is 0.932. The number of benzene rings is 1. The number of carbonyl (C=O) groups is 3. The first-order valence-electron chi connectivity index (χ1n) is 5.63. The van der Waals surface area contributed by atoms with Crippen LogP contribution in [0.2, 0.25) is 5.02 Å². The van der Waals surface area contributed by atoms with Gasteiger partial charge in [0.05, 0.1) is 30.9 Å². The second-order valence-electron chi connectivity index (χ2n) is 3.76. The summed E-state index contributed by atoms with van der Waals surface area (Å²) in [5, 5.41) is 2.76. The van der Waals surface area contributed by atoms with Crippen LogP contribution in [0.1, 0.15) is 10.4 Å². The van der Waals surface area contributed by atoms with Gasteiger partial charge in [-0.2, -0.15) is 0 Å². The maximum absolute atomic E-state index is 11.6. The lowest BCUT2D eigenvalue weighted by Crippen LogP contribution is -2.16. The molecule has 0 atom stereocenters. The minimum Gasteiger partial charge on any atom is -0.466 e. The monoisotopic (exact) mass is 312 g/mol. The minimum atomic E-state index is -0.768. The van der Waals surface area contributed by atoms with Crippen LogP contribution in [0.25, 0.3) is 0 Å². The Labute approximate surface area is 125 Å². The summed E-state index contributed by atoms with van der Waals surface area (Å²) >= 11 is 5.89. The summed E-state index contributed by atoms with van der Waals surface area (Å²) in [5.74, 6) is -2.18. The predicted octanol–water partition coefficient (Wildman–Crippen LogP) is 1.08. The number of hydrogen-bond donors (Lipinski definition) is 2. The van der Waals surface area contributed by atoms with Crippen molar-refractivity contribution in [3.8, 4) is 0 Å². The standard InChI is InChI=1S/C13H13ClN2O5/c1-20-11(17)6-10(13(19)21-2)16-7-3-4-8(12(15)18)9(14)5-7/h3-6,16H,1-2H3,(H2,15,18)/b10-6+. The quantitative estimate of drug-likeness (QED) is 0.622. The van der Waals surface area contributed by atoms with Gasteiger partial charge >= 0.3 is 11.9 Å². The number of primary amides is 1. The van der Waals surface area contributed by atoms with Gasteiger partial charge in [0.15, 0.2) is 0 Å². The summed E-state index contributed by atoms with van der Waals surface area (Å²) in [6, 6.07) is 4.25. The Morgan fingerprint density at radius 2 is 1.90 bits per heavy atom. The van der Waals surface area contributed by atoms with Gasteiger partial charge < -0.3 is 20.5 Å². The molecular formula is C13H13ClN2O5. The molecule has 21 heavy (non-hydrogen) atoms. The van der Waals surface area contributed by atoms with Gasteiger partial charge in [0.2, 0.25) is 5.91 Å². The second kappa shape index (κ2) is 7.30. The number of nitrogens with one attached hydrogen (secondary N) is 1. The number of ether oxygens (including phenoxy) is 2. The number of rotatable bonds is 5. The molecule has 0 aromatic heterocycles. The topological polar surface area (TPSA) is 108 Å². The normalized spacial score (nSPS) is 10.7. The van der Waals surface area contributed by atoms with Gasteiger partial charge in [0.25, 0.3) is 0 Å². The van der Waals surface area contributed by atoms with E-state index >= 15 is 0 Å². The van der Waals surface area contributed by atoms with Gasteiger partial charge in [0.1, 0.15) is 5.70 Å². The zero-order valence-corrected chi connectivity index (χ0v) is 12.1. The van der Waals surface area contributed by atoms with Crippen LogP contribution in [0.4, 0.5) is 5.69 Å². The molecule has 0 saturated carbocycles.